The minimum absolute atomic E-state index is 0.202. The van der Waals surface area contributed by atoms with Crippen molar-refractivity contribution in [2.24, 2.45) is 13.0 Å². The Morgan fingerprint density at radius 2 is 2.12 bits per heavy atom. The molecule has 3 N–H and O–H groups in total. The van der Waals surface area contributed by atoms with Crippen LogP contribution in [0.4, 0.5) is 5.82 Å². The maximum atomic E-state index is 11.9. The minimum atomic E-state index is -0.999. The second-order valence-electron chi connectivity index (χ2n) is 3.83. The maximum Gasteiger partial charge on any atom is 0.304 e. The zero-order valence-electron chi connectivity index (χ0n) is 9.52. The molecular weight excluding hydrogens is 210 g/mol. The van der Waals surface area contributed by atoms with Crippen LogP contribution in [-0.4, -0.2) is 26.6 Å². The van der Waals surface area contributed by atoms with Crippen LogP contribution in [0, 0.1) is 12.8 Å². The van der Waals surface area contributed by atoms with Gasteiger partial charge in [-0.15, -0.1) is 0 Å². The zero-order valence-corrected chi connectivity index (χ0v) is 9.52. The van der Waals surface area contributed by atoms with E-state index >= 15 is 0 Å². The van der Waals surface area contributed by atoms with E-state index in [1.165, 1.54) is 4.68 Å². The molecule has 0 bridgehead atoms. The van der Waals surface area contributed by atoms with E-state index in [-0.39, 0.29) is 18.0 Å². The van der Waals surface area contributed by atoms with Gasteiger partial charge in [-0.3, -0.25) is 14.3 Å². The van der Waals surface area contributed by atoms with Crippen molar-refractivity contribution < 1.29 is 14.7 Å². The normalized spacial score (nSPS) is 12.4. The smallest absolute Gasteiger partial charge is 0.304 e. The Morgan fingerprint density at radius 1 is 1.56 bits per heavy atom. The number of nitrogens with two attached hydrogens (primary N) is 1. The molecule has 1 atom stereocenters. The second kappa shape index (κ2) is 4.34. The number of carboxylic acids is 1. The molecule has 0 aliphatic heterocycles. The number of ketones is 1. The number of nitrogens with zero attached hydrogens (tertiary/aromatic N) is 2. The summed E-state index contributed by atoms with van der Waals surface area (Å²) in [5.41, 5.74) is 6.56. The Hall–Kier alpha value is -1.85. The Kier molecular flexibility index (Phi) is 3.31. The number of nitrogen functional groups attached to an aromatic ring is 1. The Morgan fingerprint density at radius 3 is 2.50 bits per heavy atom. The number of hydrogen-bond acceptors (Lipinski definition) is 4. The third kappa shape index (κ3) is 2.21. The van der Waals surface area contributed by atoms with Gasteiger partial charge >= 0.3 is 5.97 Å². The van der Waals surface area contributed by atoms with Crippen LogP contribution in [0.5, 0.6) is 0 Å². The summed E-state index contributed by atoms with van der Waals surface area (Å²) in [4.78, 5) is 22.5. The van der Waals surface area contributed by atoms with Crippen molar-refractivity contribution >= 4 is 17.6 Å². The summed E-state index contributed by atoms with van der Waals surface area (Å²) in [5, 5.41) is 12.6. The van der Waals surface area contributed by atoms with E-state index in [2.05, 4.69) is 5.10 Å². The first-order chi connectivity index (χ1) is 7.34. The highest BCUT2D eigenvalue weighted by molar-refractivity contribution is 6.03. The third-order valence-electron chi connectivity index (χ3n) is 2.44. The lowest BCUT2D eigenvalue weighted by atomic mass is 9.96. The quantitative estimate of drug-likeness (QED) is 0.731. The van der Waals surface area contributed by atoms with Crippen LogP contribution in [0.3, 0.4) is 0 Å². The van der Waals surface area contributed by atoms with E-state index in [0.29, 0.717) is 11.3 Å². The van der Waals surface area contributed by atoms with Crippen LogP contribution in [-0.2, 0) is 11.8 Å². The minimum Gasteiger partial charge on any atom is -0.481 e. The molecule has 0 saturated carbocycles. The van der Waals surface area contributed by atoms with E-state index in [1.54, 1.807) is 20.9 Å². The summed E-state index contributed by atoms with van der Waals surface area (Å²) in [5.74, 6) is -1.59. The Bertz CT molecular complexity index is 437. The van der Waals surface area contributed by atoms with Gasteiger partial charge in [-0.1, -0.05) is 6.92 Å². The number of aryl methyl sites for hydroxylation is 2. The molecule has 1 aromatic rings. The van der Waals surface area contributed by atoms with Crippen LogP contribution in [0.2, 0.25) is 0 Å². The number of carbonyl (C=O) groups is 2. The number of rotatable bonds is 4. The monoisotopic (exact) mass is 225 g/mol. The second-order valence-corrected chi connectivity index (χ2v) is 3.83. The summed E-state index contributed by atoms with van der Waals surface area (Å²) in [6.45, 7) is 3.25. The van der Waals surface area contributed by atoms with Gasteiger partial charge in [0.05, 0.1) is 17.7 Å². The number of carbonyl (C=O) groups excluding carboxylic acids is 1. The lowest BCUT2D eigenvalue weighted by Crippen LogP contribution is -2.17. The number of aromatic nitrogens is 2. The van der Waals surface area contributed by atoms with Crippen molar-refractivity contribution in [1.82, 2.24) is 9.78 Å². The van der Waals surface area contributed by atoms with Gasteiger partial charge in [-0.2, -0.15) is 5.10 Å². The molecule has 1 unspecified atom stereocenters. The molecule has 0 radical (unpaired) electrons. The van der Waals surface area contributed by atoms with Crippen molar-refractivity contribution in [2.75, 3.05) is 5.73 Å². The molecule has 0 spiro atoms. The highest BCUT2D eigenvalue weighted by atomic mass is 16.4. The van der Waals surface area contributed by atoms with E-state index in [4.69, 9.17) is 10.8 Å². The maximum absolute atomic E-state index is 11.9. The van der Waals surface area contributed by atoms with Crippen molar-refractivity contribution in [1.29, 1.82) is 0 Å². The Balaban J connectivity index is 3.00. The molecule has 6 heteroatoms. The lowest BCUT2D eigenvalue weighted by molar-refractivity contribution is -0.137. The lowest BCUT2D eigenvalue weighted by Gasteiger charge is -2.07. The Labute approximate surface area is 93.1 Å². The summed E-state index contributed by atoms with van der Waals surface area (Å²) in [7, 11) is 1.64. The predicted octanol–water partition coefficient (Wildman–Crippen LogP) is 0.604. The molecule has 0 aliphatic rings. The molecule has 0 aromatic carbocycles. The molecule has 0 aliphatic carbocycles. The largest absolute Gasteiger partial charge is 0.481 e. The predicted molar refractivity (Wildman–Crippen MR) is 58.1 cm³/mol. The van der Waals surface area contributed by atoms with Crippen molar-refractivity contribution in [2.45, 2.75) is 20.3 Å². The van der Waals surface area contributed by atoms with E-state index < -0.39 is 11.9 Å². The molecule has 16 heavy (non-hydrogen) atoms. The zero-order chi connectivity index (χ0) is 12.5. The molecule has 1 heterocycles. The molecule has 0 saturated heterocycles. The van der Waals surface area contributed by atoms with Crippen molar-refractivity contribution in [3.05, 3.63) is 11.3 Å². The van der Waals surface area contributed by atoms with Gasteiger partial charge in [-0.05, 0) is 6.92 Å². The number of aliphatic carboxylic acids is 1. The van der Waals surface area contributed by atoms with Gasteiger partial charge in [0, 0.05) is 13.0 Å². The number of hydrogen-bond donors (Lipinski definition) is 2. The first kappa shape index (κ1) is 12.2. The first-order valence-corrected chi connectivity index (χ1v) is 4.89. The molecule has 0 amide bonds. The fraction of sp³-hybridized carbons (Fsp3) is 0.500. The highest BCUT2D eigenvalue weighted by Gasteiger charge is 2.24. The van der Waals surface area contributed by atoms with Gasteiger partial charge in [0.1, 0.15) is 5.82 Å². The number of anilines is 1. The standard InChI is InChI=1S/C10H15N3O3/c1-5(4-7(14)15)9(16)8-6(2)12-13(3)10(8)11/h5H,4,11H2,1-3H3,(H,14,15). The van der Waals surface area contributed by atoms with Gasteiger partial charge in [0.2, 0.25) is 0 Å². The summed E-state index contributed by atoms with van der Waals surface area (Å²) >= 11 is 0. The van der Waals surface area contributed by atoms with Gasteiger partial charge in [-0.25, -0.2) is 0 Å². The van der Waals surface area contributed by atoms with Gasteiger partial charge in [0.25, 0.3) is 0 Å². The molecular formula is C10H15N3O3. The van der Waals surface area contributed by atoms with Gasteiger partial charge in [0.15, 0.2) is 5.78 Å². The van der Waals surface area contributed by atoms with Crippen LogP contribution in [0.1, 0.15) is 29.4 Å². The average Bonchev–Trinajstić information content (AvgIpc) is 2.39. The van der Waals surface area contributed by atoms with Crippen LogP contribution in [0.25, 0.3) is 0 Å². The fourth-order valence-corrected chi connectivity index (χ4v) is 1.58. The fourth-order valence-electron chi connectivity index (χ4n) is 1.58. The highest BCUT2D eigenvalue weighted by Crippen LogP contribution is 2.20. The third-order valence-corrected chi connectivity index (χ3v) is 2.44. The summed E-state index contributed by atoms with van der Waals surface area (Å²) in [6, 6.07) is 0. The van der Waals surface area contributed by atoms with E-state index in [0.717, 1.165) is 0 Å². The van der Waals surface area contributed by atoms with Crippen LogP contribution in [0.15, 0.2) is 0 Å². The van der Waals surface area contributed by atoms with E-state index in [9.17, 15) is 9.59 Å². The molecule has 0 fully saturated rings. The average molecular weight is 225 g/mol. The van der Waals surface area contributed by atoms with Crippen molar-refractivity contribution in [3.8, 4) is 0 Å². The number of carboxylic acid groups (broad SMARTS) is 1. The SMILES string of the molecule is Cc1nn(C)c(N)c1C(=O)C(C)CC(=O)O. The molecule has 6 nitrogen and oxygen atoms in total. The molecule has 88 valence electrons. The van der Waals surface area contributed by atoms with Gasteiger partial charge < -0.3 is 10.8 Å². The summed E-state index contributed by atoms with van der Waals surface area (Å²) in [6.07, 6.45) is -0.202. The molecule has 1 rings (SSSR count). The van der Waals surface area contributed by atoms with Crippen molar-refractivity contribution in [3.63, 3.8) is 0 Å². The number of Topliss-reactive ketones (excluding diaryl/α,β-unsaturated/α-hetero) is 1. The topological polar surface area (TPSA) is 98.2 Å². The molecule has 1 aromatic heterocycles. The van der Waals surface area contributed by atoms with E-state index in [1.807, 2.05) is 0 Å². The first-order valence-electron chi connectivity index (χ1n) is 4.89. The summed E-state index contributed by atoms with van der Waals surface area (Å²) < 4.78 is 1.41. The van der Waals surface area contributed by atoms with Crippen LogP contribution >= 0.6 is 0 Å². The van der Waals surface area contributed by atoms with Crippen LogP contribution < -0.4 is 5.73 Å².